The van der Waals surface area contributed by atoms with Crippen LogP contribution in [0.25, 0.3) is 11.3 Å². The molecule has 0 fully saturated rings. The Balaban J connectivity index is 2.39. The maximum Gasteiger partial charge on any atom is 0.411 e. The fourth-order valence-electron chi connectivity index (χ4n) is 1.47. The van der Waals surface area contributed by atoms with Gasteiger partial charge in [-0.3, -0.25) is 5.32 Å². The van der Waals surface area contributed by atoms with Gasteiger partial charge in [-0.25, -0.2) is 4.79 Å². The van der Waals surface area contributed by atoms with Gasteiger partial charge in [0.25, 0.3) is 0 Å². The largest absolute Gasteiger partial charge is 0.453 e. The first-order valence-electron chi connectivity index (χ1n) is 5.09. The summed E-state index contributed by atoms with van der Waals surface area (Å²) in [5.41, 5.74) is 1.99. The lowest BCUT2D eigenvalue weighted by Crippen LogP contribution is -2.11. The summed E-state index contributed by atoms with van der Waals surface area (Å²) in [6.45, 7) is 1.73. The van der Waals surface area contributed by atoms with E-state index >= 15 is 0 Å². The molecule has 0 bridgehead atoms. The van der Waals surface area contributed by atoms with Crippen LogP contribution >= 0.6 is 0 Å². The number of rotatable bonds is 2. The van der Waals surface area contributed by atoms with E-state index in [2.05, 4.69) is 15.2 Å². The highest BCUT2D eigenvalue weighted by atomic mass is 16.5. The Hall–Kier alpha value is -2.30. The lowest BCUT2D eigenvalue weighted by molar-refractivity contribution is 0.187. The van der Waals surface area contributed by atoms with Gasteiger partial charge in [-0.15, -0.1) is 0 Å². The number of carbonyl (C=O) groups is 1. The number of nitrogens with one attached hydrogen (secondary N) is 1. The van der Waals surface area contributed by atoms with Crippen molar-refractivity contribution >= 4 is 11.8 Å². The molecule has 1 N–H and O–H groups in total. The number of hydrogen-bond donors (Lipinski definition) is 1. The van der Waals surface area contributed by atoms with Crippen LogP contribution in [0.3, 0.4) is 0 Å². The molecule has 0 aliphatic rings. The molecule has 5 nitrogen and oxygen atoms in total. The minimum Gasteiger partial charge on any atom is -0.453 e. The summed E-state index contributed by atoms with van der Waals surface area (Å²) in [6.07, 6.45) is -0.548. The third kappa shape index (κ3) is 2.28. The number of aryl methyl sites for hydroxylation is 1. The number of benzene rings is 1. The van der Waals surface area contributed by atoms with Crippen LogP contribution in [-0.4, -0.2) is 18.4 Å². The maximum absolute atomic E-state index is 11.2. The fraction of sp³-hybridized carbons (Fsp3) is 0.167. The average molecular weight is 232 g/mol. The van der Waals surface area contributed by atoms with Crippen LogP contribution in [0.15, 0.2) is 34.9 Å². The summed E-state index contributed by atoms with van der Waals surface area (Å²) >= 11 is 0. The molecule has 0 saturated carbocycles. The van der Waals surface area contributed by atoms with E-state index < -0.39 is 6.09 Å². The first-order chi connectivity index (χ1) is 8.22. The molecule has 0 saturated heterocycles. The lowest BCUT2D eigenvalue weighted by Gasteiger charge is -2.03. The first kappa shape index (κ1) is 11.2. The van der Waals surface area contributed by atoms with E-state index in [1.165, 1.54) is 7.11 Å². The van der Waals surface area contributed by atoms with Gasteiger partial charge in [0.15, 0.2) is 5.76 Å². The quantitative estimate of drug-likeness (QED) is 0.864. The Morgan fingerprint density at radius 2 is 2.06 bits per heavy atom. The zero-order valence-corrected chi connectivity index (χ0v) is 9.56. The zero-order valence-electron chi connectivity index (χ0n) is 9.56. The normalized spacial score (nSPS) is 10.0. The number of carbonyl (C=O) groups excluding carboxylic acids is 1. The number of nitrogens with zero attached hydrogens (tertiary/aromatic N) is 1. The molecule has 0 spiro atoms. The minimum absolute atomic E-state index is 0.531. The summed E-state index contributed by atoms with van der Waals surface area (Å²) in [6, 6.07) is 9.46. The topological polar surface area (TPSA) is 64.4 Å². The van der Waals surface area contributed by atoms with E-state index in [-0.39, 0.29) is 0 Å². The van der Waals surface area contributed by atoms with E-state index in [0.717, 1.165) is 5.56 Å². The van der Waals surface area contributed by atoms with Crippen molar-refractivity contribution in [1.82, 2.24) is 5.16 Å². The highest BCUT2D eigenvalue weighted by molar-refractivity contribution is 5.90. The molecule has 1 aromatic carbocycles. The van der Waals surface area contributed by atoms with Crippen molar-refractivity contribution in [3.63, 3.8) is 0 Å². The molecule has 88 valence electrons. The van der Waals surface area contributed by atoms with E-state index in [4.69, 9.17) is 4.52 Å². The van der Waals surface area contributed by atoms with Gasteiger partial charge in [0.2, 0.25) is 0 Å². The second-order valence-electron chi connectivity index (χ2n) is 3.44. The number of methoxy groups -OCH3 is 1. The smallest absolute Gasteiger partial charge is 0.411 e. The Kier molecular flexibility index (Phi) is 3.09. The average Bonchev–Trinajstić information content (AvgIpc) is 2.72. The molecule has 1 aromatic heterocycles. The Morgan fingerprint density at radius 3 is 2.71 bits per heavy atom. The highest BCUT2D eigenvalue weighted by Gasteiger charge is 2.16. The van der Waals surface area contributed by atoms with E-state index in [1.807, 2.05) is 30.3 Å². The Morgan fingerprint density at radius 1 is 1.35 bits per heavy atom. The second kappa shape index (κ2) is 4.69. The molecule has 0 unspecified atom stereocenters. The second-order valence-corrected chi connectivity index (χ2v) is 3.44. The molecule has 0 aliphatic heterocycles. The zero-order chi connectivity index (χ0) is 12.3. The third-order valence-electron chi connectivity index (χ3n) is 2.32. The van der Waals surface area contributed by atoms with Crippen LogP contribution in [0.4, 0.5) is 10.5 Å². The number of hydrogen-bond acceptors (Lipinski definition) is 4. The van der Waals surface area contributed by atoms with Crippen molar-refractivity contribution in [2.45, 2.75) is 6.92 Å². The lowest BCUT2D eigenvalue weighted by atomic mass is 10.1. The van der Waals surface area contributed by atoms with Gasteiger partial charge < -0.3 is 9.26 Å². The monoisotopic (exact) mass is 232 g/mol. The standard InChI is InChI=1S/C12H12N2O3/c1-8-10(13-12(15)16-2)11(14-17-8)9-6-4-3-5-7-9/h3-7H,1-2H3,(H,13,15). The van der Waals surface area contributed by atoms with Gasteiger partial charge in [-0.2, -0.15) is 0 Å². The van der Waals surface area contributed by atoms with Gasteiger partial charge in [-0.05, 0) is 6.92 Å². The van der Waals surface area contributed by atoms with Gasteiger partial charge in [0, 0.05) is 5.56 Å². The molecule has 0 atom stereocenters. The van der Waals surface area contributed by atoms with Crippen molar-refractivity contribution in [1.29, 1.82) is 0 Å². The SMILES string of the molecule is COC(=O)Nc1c(-c2ccccc2)noc1C. The summed E-state index contributed by atoms with van der Waals surface area (Å²) in [4.78, 5) is 11.2. The minimum atomic E-state index is -0.548. The molecule has 1 heterocycles. The van der Waals surface area contributed by atoms with Crippen LogP contribution in [-0.2, 0) is 4.74 Å². The molecule has 5 heteroatoms. The molecule has 2 aromatic rings. The van der Waals surface area contributed by atoms with Gasteiger partial charge in [0.05, 0.1) is 7.11 Å². The van der Waals surface area contributed by atoms with Gasteiger partial charge in [-0.1, -0.05) is 35.5 Å². The van der Waals surface area contributed by atoms with E-state index in [9.17, 15) is 4.79 Å². The molecule has 2 rings (SSSR count). The van der Waals surface area contributed by atoms with Crippen LogP contribution in [0.2, 0.25) is 0 Å². The van der Waals surface area contributed by atoms with E-state index in [1.54, 1.807) is 6.92 Å². The van der Waals surface area contributed by atoms with Crippen molar-refractivity contribution in [3.05, 3.63) is 36.1 Å². The van der Waals surface area contributed by atoms with Crippen molar-refractivity contribution in [2.75, 3.05) is 12.4 Å². The molecular weight excluding hydrogens is 220 g/mol. The number of aromatic nitrogens is 1. The summed E-state index contributed by atoms with van der Waals surface area (Å²) in [7, 11) is 1.31. The van der Waals surface area contributed by atoms with Crippen molar-refractivity contribution in [2.24, 2.45) is 0 Å². The summed E-state index contributed by atoms with van der Waals surface area (Å²) < 4.78 is 9.63. The molecular formula is C12H12N2O3. The Bertz CT molecular complexity index is 520. The molecule has 1 amide bonds. The predicted octanol–water partition coefficient (Wildman–Crippen LogP) is 2.83. The van der Waals surface area contributed by atoms with E-state index in [0.29, 0.717) is 17.1 Å². The number of anilines is 1. The maximum atomic E-state index is 11.2. The molecule has 0 aliphatic carbocycles. The Labute approximate surface area is 98.4 Å². The van der Waals surface area contributed by atoms with Crippen LogP contribution < -0.4 is 5.32 Å². The molecule has 0 radical (unpaired) electrons. The number of amides is 1. The summed E-state index contributed by atoms with van der Waals surface area (Å²) in [5.74, 6) is 0.536. The van der Waals surface area contributed by atoms with Crippen LogP contribution in [0.5, 0.6) is 0 Å². The van der Waals surface area contributed by atoms with Crippen LogP contribution in [0, 0.1) is 6.92 Å². The van der Waals surface area contributed by atoms with Gasteiger partial charge in [0.1, 0.15) is 11.4 Å². The first-order valence-corrected chi connectivity index (χ1v) is 5.09. The number of ether oxygens (including phenoxy) is 1. The predicted molar refractivity (Wildman–Crippen MR) is 62.7 cm³/mol. The van der Waals surface area contributed by atoms with Crippen molar-refractivity contribution in [3.8, 4) is 11.3 Å². The van der Waals surface area contributed by atoms with Crippen molar-refractivity contribution < 1.29 is 14.1 Å². The fourth-order valence-corrected chi connectivity index (χ4v) is 1.47. The van der Waals surface area contributed by atoms with Gasteiger partial charge >= 0.3 is 6.09 Å². The summed E-state index contributed by atoms with van der Waals surface area (Å²) in [5, 5.41) is 6.52. The highest BCUT2D eigenvalue weighted by Crippen LogP contribution is 2.29. The third-order valence-corrected chi connectivity index (χ3v) is 2.32. The van der Waals surface area contributed by atoms with Crippen LogP contribution in [0.1, 0.15) is 5.76 Å². The molecule has 17 heavy (non-hydrogen) atoms.